The molecule has 3 rings (SSSR count). The fourth-order valence-corrected chi connectivity index (χ4v) is 3.62. The van der Waals surface area contributed by atoms with Gasteiger partial charge in [-0.2, -0.15) is 0 Å². The largest absolute Gasteiger partial charge is 0.322 e. The molecule has 0 unspecified atom stereocenters. The van der Waals surface area contributed by atoms with Gasteiger partial charge in [0.25, 0.3) is 0 Å². The Balaban J connectivity index is 1.43. The molecule has 6 heteroatoms. The Labute approximate surface area is 149 Å². The highest BCUT2D eigenvalue weighted by Crippen LogP contribution is 2.19. The third-order valence-corrected chi connectivity index (χ3v) is 5.44. The molecule has 5 nitrogen and oxygen atoms in total. The zero-order chi connectivity index (χ0) is 17.8. The Morgan fingerprint density at radius 2 is 1.84 bits per heavy atom. The first-order valence-corrected chi connectivity index (χ1v) is 9.24. The lowest BCUT2D eigenvalue weighted by molar-refractivity contribution is 0.113. The molecule has 2 aliphatic rings. The molecule has 0 saturated carbocycles. The number of urea groups is 1. The summed E-state index contributed by atoms with van der Waals surface area (Å²) in [5, 5.41) is 2.80. The van der Waals surface area contributed by atoms with Crippen molar-refractivity contribution in [1.82, 2.24) is 14.7 Å². The second kappa shape index (κ2) is 8.15. The fourth-order valence-electron chi connectivity index (χ4n) is 3.62. The van der Waals surface area contributed by atoms with Crippen LogP contribution in [0.4, 0.5) is 14.9 Å². The van der Waals surface area contributed by atoms with Gasteiger partial charge in [-0.25, -0.2) is 9.18 Å². The molecule has 138 valence electrons. The van der Waals surface area contributed by atoms with Gasteiger partial charge in [0.05, 0.1) is 0 Å². The van der Waals surface area contributed by atoms with E-state index in [2.05, 4.69) is 22.2 Å². The van der Waals surface area contributed by atoms with Crippen LogP contribution in [0.5, 0.6) is 0 Å². The van der Waals surface area contributed by atoms with E-state index in [-0.39, 0.29) is 11.8 Å². The summed E-state index contributed by atoms with van der Waals surface area (Å²) in [7, 11) is 2.19. The van der Waals surface area contributed by atoms with Crippen molar-refractivity contribution in [1.29, 1.82) is 0 Å². The third kappa shape index (κ3) is 4.92. The molecule has 0 aromatic heterocycles. The minimum absolute atomic E-state index is 0.137. The van der Waals surface area contributed by atoms with Gasteiger partial charge >= 0.3 is 6.03 Å². The van der Waals surface area contributed by atoms with Crippen LogP contribution in [0.15, 0.2) is 18.2 Å². The summed E-state index contributed by atoms with van der Waals surface area (Å²) in [5.41, 5.74) is 1.10. The first-order valence-electron chi connectivity index (χ1n) is 9.24. The van der Waals surface area contributed by atoms with Crippen LogP contribution in [0.1, 0.15) is 18.4 Å². The molecular weight excluding hydrogens is 319 g/mol. The smallest absolute Gasteiger partial charge is 0.321 e. The average Bonchev–Trinajstić information content (AvgIpc) is 2.61. The van der Waals surface area contributed by atoms with Gasteiger partial charge in [0, 0.05) is 38.4 Å². The Hall–Kier alpha value is -1.66. The topological polar surface area (TPSA) is 38.8 Å². The van der Waals surface area contributed by atoms with Crippen LogP contribution >= 0.6 is 0 Å². The van der Waals surface area contributed by atoms with Crippen molar-refractivity contribution in [2.45, 2.75) is 19.8 Å². The molecule has 1 aromatic rings. The average molecular weight is 348 g/mol. The van der Waals surface area contributed by atoms with Crippen molar-refractivity contribution in [3.05, 3.63) is 29.6 Å². The van der Waals surface area contributed by atoms with Crippen molar-refractivity contribution < 1.29 is 9.18 Å². The van der Waals surface area contributed by atoms with E-state index >= 15 is 0 Å². The molecule has 0 radical (unpaired) electrons. The highest BCUT2D eigenvalue weighted by atomic mass is 19.1. The Kier molecular flexibility index (Phi) is 5.91. The number of likely N-dealkylation sites (tertiary alicyclic amines) is 1. The second-order valence-electron chi connectivity index (χ2n) is 7.43. The van der Waals surface area contributed by atoms with Gasteiger partial charge in [0.15, 0.2) is 0 Å². The lowest BCUT2D eigenvalue weighted by atomic mass is 9.96. The number of aryl methyl sites for hydroxylation is 1. The van der Waals surface area contributed by atoms with E-state index in [1.165, 1.54) is 32.0 Å². The van der Waals surface area contributed by atoms with Gasteiger partial charge in [-0.1, -0.05) is 6.07 Å². The van der Waals surface area contributed by atoms with Crippen molar-refractivity contribution in [3.63, 3.8) is 0 Å². The first kappa shape index (κ1) is 18.1. The third-order valence-electron chi connectivity index (χ3n) is 5.44. The zero-order valence-electron chi connectivity index (χ0n) is 15.3. The van der Waals surface area contributed by atoms with Gasteiger partial charge in [-0.3, -0.25) is 4.90 Å². The summed E-state index contributed by atoms with van der Waals surface area (Å²) in [5.74, 6) is 0.493. The van der Waals surface area contributed by atoms with E-state index < -0.39 is 0 Å². The van der Waals surface area contributed by atoms with Crippen molar-refractivity contribution in [2.75, 3.05) is 58.2 Å². The highest BCUT2D eigenvalue weighted by Gasteiger charge is 2.24. The maximum absolute atomic E-state index is 13.6. The predicted octanol–water partition coefficient (Wildman–Crippen LogP) is 2.63. The number of piperazine rings is 1. The number of nitrogens with zero attached hydrogens (tertiary/aromatic N) is 3. The Morgan fingerprint density at radius 1 is 1.16 bits per heavy atom. The quantitative estimate of drug-likeness (QED) is 0.913. The number of anilines is 1. The summed E-state index contributed by atoms with van der Waals surface area (Å²) in [4.78, 5) is 19.1. The molecule has 2 heterocycles. The van der Waals surface area contributed by atoms with Crippen molar-refractivity contribution >= 4 is 11.7 Å². The number of amides is 2. The molecular formula is C19H29FN4O. The van der Waals surface area contributed by atoms with Gasteiger partial charge < -0.3 is 15.1 Å². The van der Waals surface area contributed by atoms with Crippen molar-refractivity contribution in [2.24, 2.45) is 5.92 Å². The standard InChI is InChI=1S/C19H29FN4O/c1-15-3-4-17(13-18(15)20)21-19(25)24-11-9-23(10-12-24)14-16-5-7-22(2)8-6-16/h3-4,13,16H,5-12,14H2,1-2H3,(H,21,25). The summed E-state index contributed by atoms with van der Waals surface area (Å²) < 4.78 is 13.6. The molecule has 0 atom stereocenters. The van der Waals surface area contributed by atoms with Gasteiger partial charge in [-0.05, 0) is 63.5 Å². The summed E-state index contributed by atoms with van der Waals surface area (Å²) in [6, 6.07) is 4.67. The zero-order valence-corrected chi connectivity index (χ0v) is 15.3. The van der Waals surface area contributed by atoms with E-state index in [1.54, 1.807) is 19.1 Å². The molecule has 2 amide bonds. The van der Waals surface area contributed by atoms with E-state index in [1.807, 2.05) is 4.90 Å². The summed E-state index contributed by atoms with van der Waals surface area (Å²) in [6.07, 6.45) is 2.55. The Bertz CT molecular complexity index is 593. The van der Waals surface area contributed by atoms with Crippen LogP contribution in [0.3, 0.4) is 0 Å². The molecule has 2 aliphatic heterocycles. The van der Waals surface area contributed by atoms with Gasteiger partial charge in [-0.15, -0.1) is 0 Å². The van der Waals surface area contributed by atoms with E-state index in [9.17, 15) is 9.18 Å². The predicted molar refractivity (Wildman–Crippen MR) is 98.4 cm³/mol. The van der Waals surface area contributed by atoms with Crippen LogP contribution in [0.2, 0.25) is 0 Å². The number of hydrogen-bond donors (Lipinski definition) is 1. The maximum atomic E-state index is 13.6. The number of hydrogen-bond acceptors (Lipinski definition) is 3. The molecule has 25 heavy (non-hydrogen) atoms. The van der Waals surface area contributed by atoms with Crippen LogP contribution in [-0.2, 0) is 0 Å². The molecule has 0 bridgehead atoms. The van der Waals surface area contributed by atoms with Crippen LogP contribution in [-0.4, -0.2) is 73.6 Å². The highest BCUT2D eigenvalue weighted by molar-refractivity contribution is 5.89. The number of nitrogens with one attached hydrogen (secondary N) is 1. The van der Waals surface area contributed by atoms with Crippen molar-refractivity contribution in [3.8, 4) is 0 Å². The number of piperidine rings is 1. The Morgan fingerprint density at radius 3 is 2.48 bits per heavy atom. The number of halogens is 1. The number of carbonyl (C=O) groups is 1. The molecule has 1 N–H and O–H groups in total. The van der Waals surface area contributed by atoms with Crippen LogP contribution in [0, 0.1) is 18.7 Å². The maximum Gasteiger partial charge on any atom is 0.321 e. The van der Waals surface area contributed by atoms with Gasteiger partial charge in [0.2, 0.25) is 0 Å². The number of rotatable bonds is 3. The van der Waals surface area contributed by atoms with E-state index in [0.29, 0.717) is 11.3 Å². The minimum Gasteiger partial charge on any atom is -0.322 e. The molecule has 0 aliphatic carbocycles. The summed E-state index contributed by atoms with van der Waals surface area (Å²) in [6.45, 7) is 8.54. The molecule has 2 saturated heterocycles. The minimum atomic E-state index is -0.291. The lowest BCUT2D eigenvalue weighted by Gasteiger charge is -2.38. The van der Waals surface area contributed by atoms with Gasteiger partial charge in [0.1, 0.15) is 5.82 Å². The number of carbonyl (C=O) groups excluding carboxylic acids is 1. The first-order chi connectivity index (χ1) is 12.0. The SMILES string of the molecule is Cc1ccc(NC(=O)N2CCN(CC3CCN(C)CC3)CC2)cc1F. The van der Waals surface area contributed by atoms with E-state index in [4.69, 9.17) is 0 Å². The molecule has 1 aromatic carbocycles. The summed E-state index contributed by atoms with van der Waals surface area (Å²) >= 11 is 0. The lowest BCUT2D eigenvalue weighted by Crippen LogP contribution is -2.51. The van der Waals surface area contributed by atoms with E-state index in [0.717, 1.165) is 38.6 Å². The van der Waals surface area contributed by atoms with Crippen LogP contribution < -0.4 is 5.32 Å². The van der Waals surface area contributed by atoms with Crippen LogP contribution in [0.25, 0.3) is 0 Å². The normalized spacial score (nSPS) is 20.7. The molecule has 0 spiro atoms. The second-order valence-corrected chi connectivity index (χ2v) is 7.43. The number of benzene rings is 1. The molecule has 2 fully saturated rings. The fraction of sp³-hybridized carbons (Fsp3) is 0.632. The monoisotopic (exact) mass is 348 g/mol.